The molecule has 3 heterocycles. The number of rotatable bonds is 5. The van der Waals surface area contributed by atoms with Gasteiger partial charge in [-0.15, -0.1) is 21.5 Å². The van der Waals surface area contributed by atoms with E-state index in [2.05, 4.69) is 20.5 Å². The molecule has 27 heavy (non-hydrogen) atoms. The molecule has 1 amide bonds. The zero-order valence-electron chi connectivity index (χ0n) is 13.6. The van der Waals surface area contributed by atoms with E-state index in [9.17, 15) is 13.6 Å². The van der Waals surface area contributed by atoms with Crippen LogP contribution in [0.3, 0.4) is 0 Å². The van der Waals surface area contributed by atoms with Crippen LogP contribution in [-0.2, 0) is 4.79 Å². The Balaban J connectivity index is 1.40. The molecule has 0 aliphatic carbocycles. The Morgan fingerprint density at radius 2 is 2.07 bits per heavy atom. The number of aromatic nitrogens is 4. The van der Waals surface area contributed by atoms with E-state index in [1.165, 1.54) is 29.2 Å². The van der Waals surface area contributed by atoms with Gasteiger partial charge in [-0.05, 0) is 30.3 Å². The Morgan fingerprint density at radius 3 is 2.93 bits per heavy atom. The first-order valence-electron chi connectivity index (χ1n) is 7.73. The van der Waals surface area contributed by atoms with E-state index < -0.39 is 11.6 Å². The number of pyridine rings is 1. The van der Waals surface area contributed by atoms with Gasteiger partial charge in [-0.2, -0.15) is 0 Å². The molecular weight excluding hydrogens is 392 g/mol. The number of benzene rings is 1. The lowest BCUT2D eigenvalue weighted by molar-refractivity contribution is -0.113. The second kappa shape index (κ2) is 7.41. The number of halogens is 2. The van der Waals surface area contributed by atoms with E-state index in [0.29, 0.717) is 27.2 Å². The number of thioether (sulfide) groups is 1. The largest absolute Gasteiger partial charge is 0.301 e. The highest BCUT2D eigenvalue weighted by molar-refractivity contribution is 7.99. The van der Waals surface area contributed by atoms with E-state index in [-0.39, 0.29) is 11.7 Å². The van der Waals surface area contributed by atoms with E-state index in [1.54, 1.807) is 9.78 Å². The van der Waals surface area contributed by atoms with Crippen LogP contribution in [0.15, 0.2) is 53.1 Å². The summed E-state index contributed by atoms with van der Waals surface area (Å²) in [5, 5.41) is 13.4. The number of fused-ring (bicyclic) bond motifs is 1. The molecule has 0 spiro atoms. The van der Waals surface area contributed by atoms with Crippen LogP contribution in [-0.4, -0.2) is 31.2 Å². The van der Waals surface area contributed by atoms with Crippen molar-refractivity contribution in [3.05, 3.63) is 59.6 Å². The molecule has 136 valence electrons. The summed E-state index contributed by atoms with van der Waals surface area (Å²) >= 11 is 2.46. The highest BCUT2D eigenvalue weighted by Crippen LogP contribution is 2.26. The molecule has 0 bridgehead atoms. The molecule has 0 fully saturated rings. The predicted octanol–water partition coefficient (Wildman–Crippen LogP) is 3.86. The van der Waals surface area contributed by atoms with Gasteiger partial charge in [0.1, 0.15) is 0 Å². The molecular formula is C17H11F2N5OS2. The van der Waals surface area contributed by atoms with Gasteiger partial charge < -0.3 is 5.32 Å². The third-order valence-corrected chi connectivity index (χ3v) is 5.28. The fourth-order valence-electron chi connectivity index (χ4n) is 2.32. The van der Waals surface area contributed by atoms with Gasteiger partial charge in [-0.1, -0.05) is 17.8 Å². The Kier molecular flexibility index (Phi) is 4.82. The Labute approximate surface area is 160 Å². The highest BCUT2D eigenvalue weighted by Gasteiger charge is 2.12. The van der Waals surface area contributed by atoms with Gasteiger partial charge >= 0.3 is 0 Å². The van der Waals surface area contributed by atoms with Crippen molar-refractivity contribution in [2.45, 2.75) is 5.16 Å². The monoisotopic (exact) mass is 403 g/mol. The molecule has 6 nitrogen and oxygen atoms in total. The first-order chi connectivity index (χ1) is 13.1. The summed E-state index contributed by atoms with van der Waals surface area (Å²) < 4.78 is 28.2. The van der Waals surface area contributed by atoms with E-state index in [1.807, 2.05) is 24.4 Å². The zero-order chi connectivity index (χ0) is 18.8. The Morgan fingerprint density at radius 1 is 1.19 bits per heavy atom. The third kappa shape index (κ3) is 3.81. The molecule has 0 aliphatic rings. The average Bonchev–Trinajstić information content (AvgIpc) is 3.29. The first kappa shape index (κ1) is 17.6. The topological polar surface area (TPSA) is 72.2 Å². The van der Waals surface area contributed by atoms with Crippen molar-refractivity contribution in [3.63, 3.8) is 0 Å². The Bertz CT molecular complexity index is 1130. The van der Waals surface area contributed by atoms with Crippen LogP contribution in [0, 0.1) is 11.6 Å². The number of hydrogen-bond acceptors (Lipinski definition) is 6. The van der Waals surface area contributed by atoms with Crippen molar-refractivity contribution in [1.82, 2.24) is 19.6 Å². The molecule has 0 saturated heterocycles. The lowest BCUT2D eigenvalue weighted by Crippen LogP contribution is -2.14. The van der Waals surface area contributed by atoms with Crippen molar-refractivity contribution in [2.24, 2.45) is 0 Å². The molecule has 3 aromatic heterocycles. The van der Waals surface area contributed by atoms with Crippen LogP contribution in [0.25, 0.3) is 16.9 Å². The smallest absolute Gasteiger partial charge is 0.236 e. The molecule has 4 rings (SSSR count). The maximum absolute atomic E-state index is 13.3. The maximum Gasteiger partial charge on any atom is 0.236 e. The zero-order valence-corrected chi connectivity index (χ0v) is 15.2. The lowest BCUT2D eigenvalue weighted by atomic mass is 10.2. The summed E-state index contributed by atoms with van der Waals surface area (Å²) in [5.41, 5.74) is 1.61. The fourth-order valence-corrected chi connectivity index (χ4v) is 3.78. The number of hydrogen-bond donors (Lipinski definition) is 1. The minimum absolute atomic E-state index is 0.135. The first-order valence-corrected chi connectivity index (χ1v) is 9.60. The van der Waals surface area contributed by atoms with Crippen LogP contribution in [0.5, 0.6) is 0 Å². The van der Waals surface area contributed by atoms with E-state index >= 15 is 0 Å². The van der Waals surface area contributed by atoms with Crippen LogP contribution < -0.4 is 5.32 Å². The normalized spacial score (nSPS) is 11.0. The van der Waals surface area contributed by atoms with Crippen molar-refractivity contribution >= 4 is 39.8 Å². The molecule has 10 heteroatoms. The predicted molar refractivity (Wildman–Crippen MR) is 99.8 cm³/mol. The fraction of sp³-hybridized carbons (Fsp3) is 0.0588. The molecule has 0 aliphatic heterocycles. The van der Waals surface area contributed by atoms with Crippen molar-refractivity contribution in [3.8, 4) is 11.3 Å². The molecule has 0 atom stereocenters. The molecule has 0 unspecified atom stereocenters. The van der Waals surface area contributed by atoms with Gasteiger partial charge in [-0.3, -0.25) is 9.20 Å². The number of anilines is 1. The molecule has 1 aromatic carbocycles. The number of carbonyl (C=O) groups excluding carboxylic acids is 1. The van der Waals surface area contributed by atoms with Crippen molar-refractivity contribution in [1.29, 1.82) is 0 Å². The van der Waals surface area contributed by atoms with Crippen LogP contribution in [0.4, 0.5) is 13.9 Å². The van der Waals surface area contributed by atoms with Gasteiger partial charge in [0.25, 0.3) is 0 Å². The van der Waals surface area contributed by atoms with Gasteiger partial charge in [0.15, 0.2) is 27.6 Å². The van der Waals surface area contributed by atoms with E-state index in [4.69, 9.17) is 0 Å². The highest BCUT2D eigenvalue weighted by atomic mass is 32.2. The summed E-state index contributed by atoms with van der Waals surface area (Å²) in [6.07, 6.45) is 1.82. The van der Waals surface area contributed by atoms with Crippen LogP contribution in [0.2, 0.25) is 0 Å². The van der Waals surface area contributed by atoms with Crippen LogP contribution >= 0.6 is 23.1 Å². The molecule has 4 aromatic rings. The number of thiazole rings is 1. The molecule has 0 radical (unpaired) electrons. The lowest BCUT2D eigenvalue weighted by Gasteiger charge is -2.01. The summed E-state index contributed by atoms with van der Waals surface area (Å²) in [5.74, 6) is -1.97. The summed E-state index contributed by atoms with van der Waals surface area (Å²) in [6, 6.07) is 9.09. The van der Waals surface area contributed by atoms with Gasteiger partial charge in [-0.25, -0.2) is 13.8 Å². The van der Waals surface area contributed by atoms with Crippen molar-refractivity contribution < 1.29 is 13.6 Å². The SMILES string of the molecule is O=C(CSc1nnc2ccccn12)Nc1nc(-c2ccc(F)c(F)c2)cs1. The number of nitrogens with one attached hydrogen (secondary N) is 1. The molecule has 1 N–H and O–H groups in total. The number of carbonyl (C=O) groups is 1. The average molecular weight is 403 g/mol. The minimum Gasteiger partial charge on any atom is -0.301 e. The summed E-state index contributed by atoms with van der Waals surface area (Å²) in [7, 11) is 0. The van der Waals surface area contributed by atoms with Crippen LogP contribution in [0.1, 0.15) is 0 Å². The number of nitrogens with zero attached hydrogens (tertiary/aromatic N) is 4. The van der Waals surface area contributed by atoms with E-state index in [0.717, 1.165) is 12.1 Å². The standard InChI is InChI=1S/C17H11F2N5OS2/c18-11-5-4-10(7-12(11)19)13-8-26-16(20-13)21-15(25)9-27-17-23-22-14-3-1-2-6-24(14)17/h1-8H,9H2,(H,20,21,25). The summed E-state index contributed by atoms with van der Waals surface area (Å²) in [6.45, 7) is 0. The van der Waals surface area contributed by atoms with Gasteiger partial charge in [0.2, 0.25) is 5.91 Å². The second-order valence-electron chi connectivity index (χ2n) is 5.42. The quantitative estimate of drug-likeness (QED) is 0.512. The summed E-state index contributed by atoms with van der Waals surface area (Å²) in [4.78, 5) is 16.4. The minimum atomic E-state index is -0.942. The Hall–Kier alpha value is -2.85. The second-order valence-corrected chi connectivity index (χ2v) is 7.22. The number of amides is 1. The maximum atomic E-state index is 13.3. The van der Waals surface area contributed by atoms with Crippen molar-refractivity contribution in [2.75, 3.05) is 11.1 Å². The molecule has 0 saturated carbocycles. The van der Waals surface area contributed by atoms with Gasteiger partial charge in [0, 0.05) is 17.1 Å². The van der Waals surface area contributed by atoms with Gasteiger partial charge in [0.05, 0.1) is 11.4 Å². The third-order valence-electron chi connectivity index (χ3n) is 3.58.